The van der Waals surface area contributed by atoms with Crippen LogP contribution in [0.4, 0.5) is 0 Å². The van der Waals surface area contributed by atoms with Crippen molar-refractivity contribution in [2.45, 2.75) is 6.04 Å². The van der Waals surface area contributed by atoms with Crippen molar-refractivity contribution < 1.29 is 9.85 Å². The Morgan fingerprint density at radius 3 is 2.13 bits per heavy atom. The van der Waals surface area contributed by atoms with E-state index in [2.05, 4.69) is 0 Å². The second-order valence-electron chi connectivity index (χ2n) is 2.87. The van der Waals surface area contributed by atoms with Crippen LogP contribution >= 0.6 is 11.6 Å². The van der Waals surface area contributed by atoms with Gasteiger partial charge in [-0.15, -0.1) is 0 Å². The van der Waals surface area contributed by atoms with Crippen LogP contribution in [0, 0.1) is 20.2 Å². The number of nitrogens with zero attached hydrogens (tertiary/aromatic N) is 2. The number of rotatable bonds is 4. The summed E-state index contributed by atoms with van der Waals surface area (Å²) >= 11 is 5.60. The molecule has 0 saturated heterocycles. The van der Waals surface area contributed by atoms with E-state index in [1.54, 1.807) is 0 Å². The first kappa shape index (κ1) is 11.4. The number of halogens is 1. The molecule has 1 unspecified atom stereocenters. The lowest BCUT2D eigenvalue weighted by Gasteiger charge is -2.05. The van der Waals surface area contributed by atoms with Gasteiger partial charge in [0, 0.05) is 20.4 Å². The number of nitro groups is 2. The third-order valence-electron chi connectivity index (χ3n) is 1.83. The van der Waals surface area contributed by atoms with Gasteiger partial charge in [0.25, 0.3) is 6.54 Å². The van der Waals surface area contributed by atoms with Crippen molar-refractivity contribution in [2.24, 2.45) is 0 Å². The minimum atomic E-state index is -1.32. The van der Waals surface area contributed by atoms with Gasteiger partial charge in [0.1, 0.15) is 0 Å². The van der Waals surface area contributed by atoms with Crippen molar-refractivity contribution in [1.82, 2.24) is 0 Å². The van der Waals surface area contributed by atoms with Crippen molar-refractivity contribution in [3.05, 3.63) is 55.1 Å². The maximum atomic E-state index is 10.6. The van der Waals surface area contributed by atoms with Gasteiger partial charge in [-0.1, -0.05) is 23.7 Å². The zero-order chi connectivity index (χ0) is 11.4. The van der Waals surface area contributed by atoms with Crippen LogP contribution < -0.4 is 0 Å². The molecule has 0 bridgehead atoms. The van der Waals surface area contributed by atoms with E-state index in [0.717, 1.165) is 0 Å². The minimum absolute atomic E-state index is 0.279. The largest absolute Gasteiger partial charge is 0.301 e. The van der Waals surface area contributed by atoms with Crippen molar-refractivity contribution in [1.29, 1.82) is 0 Å². The fourth-order valence-electron chi connectivity index (χ4n) is 1.12. The summed E-state index contributed by atoms with van der Waals surface area (Å²) in [5, 5.41) is 21.3. The molecule has 0 aromatic heterocycles. The molecule has 0 aliphatic carbocycles. The third kappa shape index (κ3) is 3.17. The predicted molar refractivity (Wildman–Crippen MR) is 53.0 cm³/mol. The van der Waals surface area contributed by atoms with Crippen LogP contribution in [0.5, 0.6) is 0 Å². The van der Waals surface area contributed by atoms with Crippen molar-refractivity contribution in [2.75, 3.05) is 6.54 Å². The van der Waals surface area contributed by atoms with Gasteiger partial charge in [-0.3, -0.25) is 20.2 Å². The highest BCUT2D eigenvalue weighted by atomic mass is 35.5. The van der Waals surface area contributed by atoms with Crippen molar-refractivity contribution >= 4 is 11.6 Å². The molecule has 15 heavy (non-hydrogen) atoms. The third-order valence-corrected chi connectivity index (χ3v) is 2.08. The Hall–Kier alpha value is -1.69. The summed E-state index contributed by atoms with van der Waals surface area (Å²) in [7, 11) is 0. The van der Waals surface area contributed by atoms with Crippen LogP contribution in [-0.4, -0.2) is 16.4 Å². The summed E-state index contributed by atoms with van der Waals surface area (Å²) in [5.74, 6) is 0. The molecule has 0 heterocycles. The summed E-state index contributed by atoms with van der Waals surface area (Å²) in [4.78, 5) is 19.4. The fraction of sp³-hybridized carbons (Fsp3) is 0.250. The van der Waals surface area contributed by atoms with Crippen molar-refractivity contribution in [3.8, 4) is 0 Å². The van der Waals surface area contributed by atoms with Gasteiger partial charge >= 0.3 is 6.04 Å². The van der Waals surface area contributed by atoms with Gasteiger partial charge in [-0.25, -0.2) is 0 Å². The lowest BCUT2D eigenvalue weighted by molar-refractivity contribution is -0.593. The molecule has 0 saturated carbocycles. The van der Waals surface area contributed by atoms with Crippen LogP contribution in [0.15, 0.2) is 24.3 Å². The molecule has 1 aromatic rings. The van der Waals surface area contributed by atoms with E-state index < -0.39 is 22.4 Å². The predicted octanol–water partition coefficient (Wildman–Crippen LogP) is 1.93. The molecular weight excluding hydrogens is 224 g/mol. The standard InChI is InChI=1S/C8H7ClN2O4/c9-7-3-1-6(2-4-7)8(11(14)15)5-10(12)13/h1-4,8H,5H2. The second-order valence-corrected chi connectivity index (χ2v) is 3.30. The van der Waals surface area contributed by atoms with Crippen LogP contribution in [0.3, 0.4) is 0 Å². The quantitative estimate of drug-likeness (QED) is 0.584. The molecule has 0 radical (unpaired) electrons. The maximum Gasteiger partial charge on any atom is 0.301 e. The summed E-state index contributed by atoms with van der Waals surface area (Å²) in [6.45, 7) is -0.728. The van der Waals surface area contributed by atoms with Gasteiger partial charge in [0.2, 0.25) is 0 Å². The molecule has 0 fully saturated rings. The fourth-order valence-corrected chi connectivity index (χ4v) is 1.25. The average molecular weight is 231 g/mol. The molecule has 1 rings (SSSR count). The second kappa shape index (κ2) is 4.70. The smallest absolute Gasteiger partial charge is 0.264 e. The molecule has 80 valence electrons. The Kier molecular flexibility index (Phi) is 3.56. The first-order valence-electron chi connectivity index (χ1n) is 4.01. The monoisotopic (exact) mass is 230 g/mol. The SMILES string of the molecule is O=[N+]([O-])CC(c1ccc(Cl)cc1)[N+](=O)[O-]. The molecule has 0 amide bonds. The number of hydrogen-bond acceptors (Lipinski definition) is 4. The highest BCUT2D eigenvalue weighted by Gasteiger charge is 2.28. The van der Waals surface area contributed by atoms with Crippen LogP contribution in [-0.2, 0) is 0 Å². The van der Waals surface area contributed by atoms with Gasteiger partial charge in [0.05, 0.1) is 0 Å². The molecule has 0 aliphatic rings. The van der Waals surface area contributed by atoms with Gasteiger partial charge in [0.15, 0.2) is 0 Å². The van der Waals surface area contributed by atoms with Crippen molar-refractivity contribution in [3.63, 3.8) is 0 Å². The number of hydrogen-bond donors (Lipinski definition) is 0. The Morgan fingerprint density at radius 1 is 1.20 bits per heavy atom. The highest BCUT2D eigenvalue weighted by molar-refractivity contribution is 6.30. The summed E-state index contributed by atoms with van der Waals surface area (Å²) in [6.07, 6.45) is 0. The Balaban J connectivity index is 2.94. The van der Waals surface area contributed by atoms with Gasteiger partial charge < -0.3 is 0 Å². The lowest BCUT2D eigenvalue weighted by Crippen LogP contribution is -2.20. The van der Waals surface area contributed by atoms with E-state index in [1.807, 2.05) is 0 Å². The minimum Gasteiger partial charge on any atom is -0.264 e. The Bertz CT molecular complexity index is 379. The highest BCUT2D eigenvalue weighted by Crippen LogP contribution is 2.19. The molecule has 1 atom stereocenters. The normalized spacial score (nSPS) is 12.1. The van der Waals surface area contributed by atoms with E-state index in [1.165, 1.54) is 24.3 Å². The van der Waals surface area contributed by atoms with Crippen LogP contribution in [0.25, 0.3) is 0 Å². The topological polar surface area (TPSA) is 86.3 Å². The van der Waals surface area contributed by atoms with E-state index in [-0.39, 0.29) is 5.56 Å². The Morgan fingerprint density at radius 2 is 1.73 bits per heavy atom. The molecule has 7 heteroatoms. The molecule has 0 N–H and O–H groups in total. The summed E-state index contributed by atoms with van der Waals surface area (Å²) in [5.41, 5.74) is 0.279. The maximum absolute atomic E-state index is 10.6. The zero-order valence-electron chi connectivity index (χ0n) is 7.50. The Labute approximate surface area is 89.8 Å². The molecule has 1 aromatic carbocycles. The van der Waals surface area contributed by atoms with E-state index in [9.17, 15) is 20.2 Å². The van der Waals surface area contributed by atoms with Gasteiger partial charge in [-0.05, 0) is 12.1 Å². The summed E-state index contributed by atoms with van der Waals surface area (Å²) in [6, 6.07) is 4.44. The first-order chi connectivity index (χ1) is 7.00. The first-order valence-corrected chi connectivity index (χ1v) is 4.39. The molecular formula is C8H7ClN2O4. The molecule has 6 nitrogen and oxygen atoms in total. The van der Waals surface area contributed by atoms with Crippen LogP contribution in [0.1, 0.15) is 11.6 Å². The lowest BCUT2D eigenvalue weighted by atomic mass is 10.1. The van der Waals surface area contributed by atoms with E-state index in [4.69, 9.17) is 11.6 Å². The van der Waals surface area contributed by atoms with Crippen LogP contribution in [0.2, 0.25) is 5.02 Å². The van der Waals surface area contributed by atoms with Gasteiger partial charge in [-0.2, -0.15) is 0 Å². The van der Waals surface area contributed by atoms with E-state index in [0.29, 0.717) is 5.02 Å². The summed E-state index contributed by atoms with van der Waals surface area (Å²) < 4.78 is 0. The zero-order valence-corrected chi connectivity index (χ0v) is 8.26. The average Bonchev–Trinajstić information content (AvgIpc) is 2.15. The van der Waals surface area contributed by atoms with E-state index >= 15 is 0 Å². The molecule has 0 spiro atoms. The number of benzene rings is 1. The molecule has 0 aliphatic heterocycles.